The third-order valence-corrected chi connectivity index (χ3v) is 6.58. The molecule has 28 heavy (non-hydrogen) atoms. The van der Waals surface area contributed by atoms with Crippen molar-refractivity contribution in [1.29, 1.82) is 0 Å². The standard InChI is InChI=1S/C24H32N2O2/c27-18-22-17-26(16-21(22)15-25-12-5-1-2-6-13-25)24(28)14-20-10-7-9-19-8-3-4-11-23(19)20/h3-4,7-11,21-22,27H,1-2,5-6,12-18H2/t21-,22-/m0/s1. The Kier molecular flexibility index (Phi) is 6.28. The SMILES string of the molecule is O=C(Cc1cccc2ccccc12)N1C[C@@H](CO)[C@@H](CN2CCCCCC2)C1. The maximum atomic E-state index is 13.0. The number of rotatable bonds is 5. The lowest BCUT2D eigenvalue weighted by atomic mass is 9.96. The van der Waals surface area contributed by atoms with Crippen LogP contribution in [0.3, 0.4) is 0 Å². The molecule has 2 heterocycles. The molecular weight excluding hydrogens is 348 g/mol. The molecule has 1 amide bonds. The third-order valence-electron chi connectivity index (χ3n) is 6.58. The molecule has 0 radical (unpaired) electrons. The summed E-state index contributed by atoms with van der Waals surface area (Å²) < 4.78 is 0. The molecule has 2 aliphatic rings. The normalized spacial score (nSPS) is 23.8. The van der Waals surface area contributed by atoms with E-state index in [0.717, 1.165) is 24.0 Å². The lowest BCUT2D eigenvalue weighted by Gasteiger charge is -2.26. The van der Waals surface area contributed by atoms with Crippen LogP contribution < -0.4 is 0 Å². The van der Waals surface area contributed by atoms with Crippen molar-refractivity contribution in [2.45, 2.75) is 32.1 Å². The van der Waals surface area contributed by atoms with Crippen molar-refractivity contribution in [1.82, 2.24) is 9.80 Å². The van der Waals surface area contributed by atoms with Crippen molar-refractivity contribution in [3.8, 4) is 0 Å². The molecular formula is C24H32N2O2. The van der Waals surface area contributed by atoms with E-state index in [4.69, 9.17) is 0 Å². The summed E-state index contributed by atoms with van der Waals surface area (Å²) in [6, 6.07) is 14.5. The molecule has 150 valence electrons. The van der Waals surface area contributed by atoms with E-state index >= 15 is 0 Å². The van der Waals surface area contributed by atoms with Crippen LogP contribution in [0.25, 0.3) is 10.8 Å². The van der Waals surface area contributed by atoms with Gasteiger partial charge in [0.05, 0.1) is 6.42 Å². The van der Waals surface area contributed by atoms with E-state index in [1.54, 1.807) is 0 Å². The predicted octanol–water partition coefficient (Wildman–Crippen LogP) is 3.33. The number of benzene rings is 2. The zero-order valence-electron chi connectivity index (χ0n) is 16.7. The van der Waals surface area contributed by atoms with Gasteiger partial charge in [-0.25, -0.2) is 0 Å². The lowest BCUT2D eigenvalue weighted by Crippen LogP contribution is -2.35. The van der Waals surface area contributed by atoms with Crippen molar-refractivity contribution in [3.63, 3.8) is 0 Å². The molecule has 1 N–H and O–H groups in total. The van der Waals surface area contributed by atoms with Crippen molar-refractivity contribution < 1.29 is 9.90 Å². The van der Waals surface area contributed by atoms with Gasteiger partial charge in [0.2, 0.25) is 5.91 Å². The molecule has 4 heteroatoms. The highest BCUT2D eigenvalue weighted by Crippen LogP contribution is 2.27. The fraction of sp³-hybridized carbons (Fsp3) is 0.542. The largest absolute Gasteiger partial charge is 0.396 e. The molecule has 0 unspecified atom stereocenters. The second-order valence-corrected chi connectivity index (χ2v) is 8.53. The number of carbonyl (C=O) groups is 1. The molecule has 2 aromatic rings. The summed E-state index contributed by atoms with van der Waals surface area (Å²) in [4.78, 5) is 17.6. The first-order valence-corrected chi connectivity index (χ1v) is 10.8. The second kappa shape index (κ2) is 9.06. The molecule has 2 aliphatic heterocycles. The summed E-state index contributed by atoms with van der Waals surface area (Å²) >= 11 is 0. The zero-order chi connectivity index (χ0) is 19.3. The van der Waals surface area contributed by atoms with Crippen molar-refractivity contribution in [2.24, 2.45) is 11.8 Å². The Hall–Kier alpha value is -1.91. The quantitative estimate of drug-likeness (QED) is 0.865. The van der Waals surface area contributed by atoms with Crippen LogP contribution in [0.15, 0.2) is 42.5 Å². The highest BCUT2D eigenvalue weighted by atomic mass is 16.3. The number of aliphatic hydroxyl groups is 1. The number of likely N-dealkylation sites (tertiary alicyclic amines) is 2. The van der Waals surface area contributed by atoms with Gasteiger partial charge in [0.1, 0.15) is 0 Å². The molecule has 0 saturated carbocycles. The number of fused-ring (bicyclic) bond motifs is 1. The number of hydrogen-bond acceptors (Lipinski definition) is 3. The van der Waals surface area contributed by atoms with E-state index < -0.39 is 0 Å². The van der Waals surface area contributed by atoms with E-state index in [2.05, 4.69) is 29.2 Å². The van der Waals surface area contributed by atoms with Gasteiger partial charge in [-0.05, 0) is 48.2 Å². The van der Waals surface area contributed by atoms with Gasteiger partial charge in [-0.2, -0.15) is 0 Å². The molecule has 4 rings (SSSR count). The van der Waals surface area contributed by atoms with Gasteiger partial charge in [0.15, 0.2) is 0 Å². The smallest absolute Gasteiger partial charge is 0.227 e. The fourth-order valence-electron chi connectivity index (χ4n) is 4.93. The Balaban J connectivity index is 1.41. The molecule has 2 fully saturated rings. The Bertz CT molecular complexity index is 793. The molecule has 0 aliphatic carbocycles. The van der Waals surface area contributed by atoms with Crippen LogP contribution in [0.1, 0.15) is 31.2 Å². The zero-order valence-corrected chi connectivity index (χ0v) is 16.7. The summed E-state index contributed by atoms with van der Waals surface area (Å²) in [5, 5.41) is 12.2. The third kappa shape index (κ3) is 4.39. The van der Waals surface area contributed by atoms with Crippen LogP contribution in [0.5, 0.6) is 0 Å². The highest BCUT2D eigenvalue weighted by Gasteiger charge is 2.35. The Labute approximate surface area is 168 Å². The molecule has 0 spiro atoms. The minimum atomic E-state index is 0.177. The average Bonchev–Trinajstić information content (AvgIpc) is 2.95. The van der Waals surface area contributed by atoms with Crippen LogP contribution in [0.4, 0.5) is 0 Å². The summed E-state index contributed by atoms with van der Waals surface area (Å²) in [6.07, 6.45) is 5.66. The summed E-state index contributed by atoms with van der Waals surface area (Å²) in [7, 11) is 0. The highest BCUT2D eigenvalue weighted by molar-refractivity contribution is 5.90. The number of aliphatic hydroxyl groups excluding tert-OH is 1. The van der Waals surface area contributed by atoms with E-state index in [1.807, 2.05) is 23.1 Å². The van der Waals surface area contributed by atoms with Gasteiger partial charge in [0.25, 0.3) is 0 Å². The second-order valence-electron chi connectivity index (χ2n) is 8.53. The average molecular weight is 381 g/mol. The van der Waals surface area contributed by atoms with Gasteiger partial charge in [-0.3, -0.25) is 4.79 Å². The molecule has 2 aromatic carbocycles. The lowest BCUT2D eigenvalue weighted by molar-refractivity contribution is -0.129. The first-order chi connectivity index (χ1) is 13.7. The van der Waals surface area contributed by atoms with Gasteiger partial charge in [-0.1, -0.05) is 55.3 Å². The first kappa shape index (κ1) is 19.4. The van der Waals surface area contributed by atoms with Crippen molar-refractivity contribution >= 4 is 16.7 Å². The van der Waals surface area contributed by atoms with Gasteiger partial charge in [0, 0.05) is 32.2 Å². The molecule has 0 bridgehead atoms. The maximum Gasteiger partial charge on any atom is 0.227 e. The van der Waals surface area contributed by atoms with Crippen LogP contribution in [-0.2, 0) is 11.2 Å². The van der Waals surface area contributed by atoms with Crippen molar-refractivity contribution in [2.75, 3.05) is 39.3 Å². The minimum absolute atomic E-state index is 0.177. The topological polar surface area (TPSA) is 43.8 Å². The maximum absolute atomic E-state index is 13.0. The summed E-state index contributed by atoms with van der Waals surface area (Å²) in [6.45, 7) is 5.00. The number of carbonyl (C=O) groups excluding carboxylic acids is 1. The first-order valence-electron chi connectivity index (χ1n) is 10.8. The van der Waals surface area contributed by atoms with Crippen molar-refractivity contribution in [3.05, 3.63) is 48.0 Å². The van der Waals surface area contributed by atoms with E-state index in [-0.39, 0.29) is 18.4 Å². The molecule has 0 aromatic heterocycles. The van der Waals surface area contributed by atoms with E-state index in [9.17, 15) is 9.90 Å². The summed E-state index contributed by atoms with van der Waals surface area (Å²) in [5.41, 5.74) is 1.10. The van der Waals surface area contributed by atoms with Crippen LogP contribution in [0.2, 0.25) is 0 Å². The number of hydrogen-bond donors (Lipinski definition) is 1. The molecule has 4 nitrogen and oxygen atoms in total. The van der Waals surface area contributed by atoms with Crippen LogP contribution in [-0.4, -0.2) is 60.1 Å². The minimum Gasteiger partial charge on any atom is -0.396 e. The van der Waals surface area contributed by atoms with Gasteiger partial charge in [-0.15, -0.1) is 0 Å². The van der Waals surface area contributed by atoms with Crippen LogP contribution in [0, 0.1) is 11.8 Å². The van der Waals surface area contributed by atoms with Gasteiger partial charge >= 0.3 is 0 Å². The Morgan fingerprint density at radius 3 is 2.43 bits per heavy atom. The number of amides is 1. The Morgan fingerprint density at radius 2 is 1.64 bits per heavy atom. The Morgan fingerprint density at radius 1 is 0.929 bits per heavy atom. The molecule has 2 saturated heterocycles. The van der Waals surface area contributed by atoms with E-state index in [0.29, 0.717) is 18.9 Å². The number of nitrogens with zero attached hydrogens (tertiary/aromatic N) is 2. The summed E-state index contributed by atoms with van der Waals surface area (Å²) in [5.74, 6) is 0.785. The van der Waals surface area contributed by atoms with E-state index in [1.165, 1.54) is 44.2 Å². The fourth-order valence-corrected chi connectivity index (χ4v) is 4.93. The monoisotopic (exact) mass is 380 g/mol. The predicted molar refractivity (Wildman–Crippen MR) is 113 cm³/mol. The molecule has 2 atom stereocenters. The van der Waals surface area contributed by atoms with Crippen LogP contribution >= 0.6 is 0 Å². The van der Waals surface area contributed by atoms with Gasteiger partial charge < -0.3 is 14.9 Å².